The molecule has 2 heterocycles. The van der Waals surface area contributed by atoms with Gasteiger partial charge in [-0.3, -0.25) is 0 Å². The van der Waals surface area contributed by atoms with Crippen molar-refractivity contribution in [3.8, 4) is 0 Å². The van der Waals surface area contributed by atoms with E-state index in [4.69, 9.17) is 11.6 Å². The van der Waals surface area contributed by atoms with E-state index < -0.39 is 0 Å². The topological polar surface area (TPSA) is 12.0 Å². The van der Waals surface area contributed by atoms with E-state index in [1.54, 1.807) is 0 Å². The van der Waals surface area contributed by atoms with Crippen LogP contribution in [0.4, 0.5) is 0 Å². The SMILES string of the molecule is Clc1cccc2sc3c(c12)CCNC3. The molecule has 2 aromatic rings. The van der Waals surface area contributed by atoms with Crippen molar-refractivity contribution in [3.63, 3.8) is 0 Å². The molecule has 14 heavy (non-hydrogen) atoms. The number of hydrogen-bond donors (Lipinski definition) is 1. The minimum Gasteiger partial charge on any atom is -0.312 e. The van der Waals surface area contributed by atoms with Gasteiger partial charge in [-0.2, -0.15) is 0 Å². The van der Waals surface area contributed by atoms with Crippen LogP contribution in [0.2, 0.25) is 5.02 Å². The van der Waals surface area contributed by atoms with Crippen molar-refractivity contribution in [2.24, 2.45) is 0 Å². The van der Waals surface area contributed by atoms with E-state index in [9.17, 15) is 0 Å². The number of hydrogen-bond acceptors (Lipinski definition) is 2. The standard InChI is InChI=1S/C11H10ClNS/c12-8-2-1-3-9-11(8)7-4-5-13-6-10(7)14-9/h1-3,13H,4-6H2. The molecule has 1 aliphatic rings. The maximum atomic E-state index is 6.22. The Labute approximate surface area is 91.7 Å². The highest BCUT2D eigenvalue weighted by Gasteiger charge is 2.16. The zero-order valence-electron chi connectivity index (χ0n) is 7.64. The van der Waals surface area contributed by atoms with Gasteiger partial charge < -0.3 is 5.32 Å². The van der Waals surface area contributed by atoms with Gasteiger partial charge in [0.15, 0.2) is 0 Å². The quantitative estimate of drug-likeness (QED) is 0.723. The first-order valence-electron chi connectivity index (χ1n) is 4.76. The Kier molecular flexibility index (Phi) is 2.01. The Morgan fingerprint density at radius 1 is 1.36 bits per heavy atom. The van der Waals surface area contributed by atoms with Gasteiger partial charge in [-0.1, -0.05) is 17.7 Å². The smallest absolute Gasteiger partial charge is 0.0495 e. The van der Waals surface area contributed by atoms with E-state index in [0.717, 1.165) is 24.5 Å². The fourth-order valence-corrected chi connectivity index (χ4v) is 3.63. The van der Waals surface area contributed by atoms with Gasteiger partial charge in [-0.05, 0) is 30.7 Å². The summed E-state index contributed by atoms with van der Waals surface area (Å²) in [5, 5.41) is 5.58. The van der Waals surface area contributed by atoms with Gasteiger partial charge in [-0.15, -0.1) is 11.3 Å². The molecule has 3 rings (SSSR count). The lowest BCUT2D eigenvalue weighted by atomic mass is 10.1. The fourth-order valence-electron chi connectivity index (χ4n) is 2.04. The van der Waals surface area contributed by atoms with Crippen LogP contribution in [-0.2, 0) is 13.0 Å². The molecule has 0 bridgehead atoms. The van der Waals surface area contributed by atoms with Crippen molar-refractivity contribution in [1.82, 2.24) is 5.32 Å². The lowest BCUT2D eigenvalue weighted by Crippen LogP contribution is -2.21. The molecule has 0 fully saturated rings. The zero-order valence-corrected chi connectivity index (χ0v) is 9.21. The van der Waals surface area contributed by atoms with E-state index in [-0.39, 0.29) is 0 Å². The summed E-state index contributed by atoms with van der Waals surface area (Å²) >= 11 is 8.09. The van der Waals surface area contributed by atoms with Crippen LogP contribution in [0.3, 0.4) is 0 Å². The van der Waals surface area contributed by atoms with Crippen molar-refractivity contribution in [3.05, 3.63) is 33.7 Å². The molecule has 3 heteroatoms. The highest BCUT2D eigenvalue weighted by molar-refractivity contribution is 7.19. The minimum absolute atomic E-state index is 0.905. The summed E-state index contributed by atoms with van der Waals surface area (Å²) in [5.74, 6) is 0. The summed E-state index contributed by atoms with van der Waals surface area (Å²) in [4.78, 5) is 1.46. The molecule has 1 aromatic carbocycles. The number of thiophene rings is 1. The normalized spacial score (nSPS) is 15.8. The molecular formula is C11H10ClNS. The van der Waals surface area contributed by atoms with Gasteiger partial charge in [0.05, 0.1) is 0 Å². The summed E-state index contributed by atoms with van der Waals surface area (Å²) in [7, 11) is 0. The Morgan fingerprint density at radius 2 is 2.29 bits per heavy atom. The first-order chi connectivity index (χ1) is 6.86. The minimum atomic E-state index is 0.905. The monoisotopic (exact) mass is 223 g/mol. The van der Waals surface area contributed by atoms with Crippen molar-refractivity contribution in [2.75, 3.05) is 6.54 Å². The van der Waals surface area contributed by atoms with Crippen LogP contribution < -0.4 is 5.32 Å². The average molecular weight is 224 g/mol. The van der Waals surface area contributed by atoms with Crippen LogP contribution in [0.15, 0.2) is 18.2 Å². The van der Waals surface area contributed by atoms with Gasteiger partial charge in [-0.25, -0.2) is 0 Å². The van der Waals surface area contributed by atoms with Crippen molar-refractivity contribution < 1.29 is 0 Å². The summed E-state index contributed by atoms with van der Waals surface area (Å²) < 4.78 is 1.33. The maximum absolute atomic E-state index is 6.22. The van der Waals surface area contributed by atoms with E-state index in [0.29, 0.717) is 0 Å². The molecule has 0 radical (unpaired) electrons. The molecule has 1 N–H and O–H groups in total. The van der Waals surface area contributed by atoms with Gasteiger partial charge in [0, 0.05) is 26.5 Å². The highest BCUT2D eigenvalue weighted by Crippen LogP contribution is 2.37. The van der Waals surface area contributed by atoms with Crippen LogP contribution in [0.25, 0.3) is 10.1 Å². The summed E-state index contributed by atoms with van der Waals surface area (Å²) in [5.41, 5.74) is 1.47. The average Bonchev–Trinajstić information content (AvgIpc) is 2.57. The number of nitrogens with one attached hydrogen (secondary N) is 1. The van der Waals surface area contributed by atoms with Gasteiger partial charge in [0.25, 0.3) is 0 Å². The molecule has 1 nitrogen and oxygen atoms in total. The van der Waals surface area contributed by atoms with Crippen LogP contribution in [0.1, 0.15) is 10.4 Å². The summed E-state index contributed by atoms with van der Waals surface area (Å²) in [6.45, 7) is 2.08. The second-order valence-corrected chi connectivity index (χ2v) is 5.09. The van der Waals surface area contributed by atoms with Gasteiger partial charge in [0.1, 0.15) is 0 Å². The molecule has 0 unspecified atom stereocenters. The predicted octanol–water partition coefficient (Wildman–Crippen LogP) is 3.20. The number of benzene rings is 1. The second-order valence-electron chi connectivity index (χ2n) is 3.54. The predicted molar refractivity (Wildman–Crippen MR) is 62.2 cm³/mol. The number of rotatable bonds is 0. The number of fused-ring (bicyclic) bond motifs is 3. The summed E-state index contributed by atoms with van der Waals surface area (Å²) in [6.07, 6.45) is 1.11. The van der Waals surface area contributed by atoms with Crippen LogP contribution in [0.5, 0.6) is 0 Å². The largest absolute Gasteiger partial charge is 0.312 e. The number of halogens is 1. The van der Waals surface area contributed by atoms with Crippen molar-refractivity contribution >= 4 is 33.0 Å². The Balaban J connectivity index is 2.38. The van der Waals surface area contributed by atoms with E-state index in [1.165, 1.54) is 20.5 Å². The third kappa shape index (κ3) is 1.18. The molecule has 1 aromatic heterocycles. The molecule has 0 saturated heterocycles. The lowest BCUT2D eigenvalue weighted by Gasteiger charge is -2.12. The van der Waals surface area contributed by atoms with Crippen molar-refractivity contribution in [2.45, 2.75) is 13.0 Å². The van der Waals surface area contributed by atoms with Gasteiger partial charge >= 0.3 is 0 Å². The van der Waals surface area contributed by atoms with Crippen LogP contribution >= 0.6 is 22.9 Å². The second kappa shape index (κ2) is 3.23. The first kappa shape index (κ1) is 8.72. The van der Waals surface area contributed by atoms with E-state index in [2.05, 4.69) is 11.4 Å². The highest BCUT2D eigenvalue weighted by atomic mass is 35.5. The molecular weight excluding hydrogens is 214 g/mol. The molecule has 0 saturated carbocycles. The van der Waals surface area contributed by atoms with Crippen LogP contribution in [-0.4, -0.2) is 6.54 Å². The molecule has 0 aliphatic carbocycles. The fraction of sp³-hybridized carbons (Fsp3) is 0.273. The zero-order chi connectivity index (χ0) is 9.54. The Bertz CT molecular complexity index is 489. The van der Waals surface area contributed by atoms with E-state index >= 15 is 0 Å². The van der Waals surface area contributed by atoms with Crippen LogP contribution in [0, 0.1) is 0 Å². The summed E-state index contributed by atoms with van der Waals surface area (Å²) in [6, 6.07) is 6.17. The molecule has 72 valence electrons. The van der Waals surface area contributed by atoms with Gasteiger partial charge in [0.2, 0.25) is 0 Å². The van der Waals surface area contributed by atoms with E-state index in [1.807, 2.05) is 23.5 Å². The third-order valence-corrected chi connectivity index (χ3v) is 4.20. The molecule has 0 atom stereocenters. The lowest BCUT2D eigenvalue weighted by molar-refractivity contribution is 0.657. The maximum Gasteiger partial charge on any atom is 0.0495 e. The first-order valence-corrected chi connectivity index (χ1v) is 5.95. The molecule has 1 aliphatic heterocycles. The molecule has 0 amide bonds. The van der Waals surface area contributed by atoms with Crippen molar-refractivity contribution in [1.29, 1.82) is 0 Å². The molecule has 0 spiro atoms. The Hall–Kier alpha value is -0.570. The Morgan fingerprint density at radius 3 is 3.21 bits per heavy atom. The third-order valence-electron chi connectivity index (χ3n) is 2.68.